The minimum atomic E-state index is -0.00657. The van der Waals surface area contributed by atoms with Gasteiger partial charge in [0.05, 0.1) is 10.2 Å². The van der Waals surface area contributed by atoms with E-state index in [0.717, 1.165) is 23.7 Å². The third-order valence-corrected chi connectivity index (χ3v) is 4.92. The number of rotatable bonds is 5. The van der Waals surface area contributed by atoms with Crippen molar-refractivity contribution in [2.24, 2.45) is 5.92 Å². The van der Waals surface area contributed by atoms with E-state index in [4.69, 9.17) is 0 Å². The quantitative estimate of drug-likeness (QED) is 0.784. The Hall–Kier alpha value is -2.14. The molecule has 1 amide bonds. The molecular formula is C17H17N3OS. The van der Waals surface area contributed by atoms with E-state index in [1.807, 2.05) is 18.2 Å². The van der Waals surface area contributed by atoms with Gasteiger partial charge in [-0.3, -0.25) is 9.78 Å². The van der Waals surface area contributed by atoms with Crippen molar-refractivity contribution in [1.82, 2.24) is 14.9 Å². The van der Waals surface area contributed by atoms with Crippen molar-refractivity contribution in [3.8, 4) is 0 Å². The van der Waals surface area contributed by atoms with E-state index in [1.165, 1.54) is 23.1 Å². The molecule has 0 aromatic carbocycles. The van der Waals surface area contributed by atoms with Crippen LogP contribution in [0.25, 0.3) is 10.2 Å². The molecule has 0 aliphatic heterocycles. The molecule has 112 valence electrons. The topological polar surface area (TPSA) is 46.9 Å². The number of nitrogens with one attached hydrogen (secondary N) is 1. The third-order valence-electron chi connectivity index (χ3n) is 4.07. The van der Waals surface area contributed by atoms with Crippen LogP contribution in [0.15, 0.2) is 42.0 Å². The molecule has 1 saturated carbocycles. The molecule has 1 aliphatic carbocycles. The number of hydrogen-bond donors (Lipinski definition) is 1. The second-order valence-corrected chi connectivity index (χ2v) is 6.75. The molecule has 3 aromatic rings. The normalized spacial score (nSPS) is 14.4. The van der Waals surface area contributed by atoms with E-state index in [-0.39, 0.29) is 5.91 Å². The van der Waals surface area contributed by atoms with E-state index in [0.29, 0.717) is 6.54 Å². The first kappa shape index (κ1) is 13.5. The molecule has 3 aromatic heterocycles. The fourth-order valence-corrected chi connectivity index (χ4v) is 3.52. The van der Waals surface area contributed by atoms with Crippen LogP contribution in [0.3, 0.4) is 0 Å². The van der Waals surface area contributed by atoms with E-state index < -0.39 is 0 Å². The van der Waals surface area contributed by atoms with Crippen LogP contribution in [-0.4, -0.2) is 15.5 Å². The number of carbonyl (C=O) groups is 1. The largest absolute Gasteiger partial charge is 0.347 e. The number of pyridine rings is 1. The molecule has 4 nitrogen and oxygen atoms in total. The summed E-state index contributed by atoms with van der Waals surface area (Å²) in [4.78, 5) is 16.6. The van der Waals surface area contributed by atoms with Gasteiger partial charge in [0.1, 0.15) is 5.69 Å². The smallest absolute Gasteiger partial charge is 0.268 e. The standard InChI is InChI=1S/C17H17N3OS/c21-17(19-10-13-2-1-6-18-9-13)15-8-16-14(5-7-22-16)20(15)11-12-3-4-12/h1-2,5-9,12H,3-4,10-11H2,(H,19,21). The van der Waals surface area contributed by atoms with Crippen molar-refractivity contribution in [1.29, 1.82) is 0 Å². The fraction of sp³-hybridized carbons (Fsp3) is 0.294. The SMILES string of the molecule is O=C(NCc1cccnc1)c1cc2sccc2n1CC1CC1. The Morgan fingerprint density at radius 2 is 2.32 bits per heavy atom. The summed E-state index contributed by atoms with van der Waals surface area (Å²) < 4.78 is 3.37. The highest BCUT2D eigenvalue weighted by molar-refractivity contribution is 7.17. The summed E-state index contributed by atoms with van der Waals surface area (Å²) in [6.45, 7) is 1.46. The predicted molar refractivity (Wildman–Crippen MR) is 87.9 cm³/mol. The fourth-order valence-electron chi connectivity index (χ4n) is 2.70. The Morgan fingerprint density at radius 1 is 1.41 bits per heavy atom. The molecule has 0 atom stereocenters. The average Bonchev–Trinajstić information content (AvgIpc) is 3.13. The van der Waals surface area contributed by atoms with Gasteiger partial charge in [0.15, 0.2) is 0 Å². The summed E-state index contributed by atoms with van der Waals surface area (Å²) in [6.07, 6.45) is 6.07. The highest BCUT2D eigenvalue weighted by atomic mass is 32.1. The number of hydrogen-bond acceptors (Lipinski definition) is 3. The van der Waals surface area contributed by atoms with Gasteiger partial charge in [-0.2, -0.15) is 0 Å². The van der Waals surface area contributed by atoms with E-state index in [9.17, 15) is 4.79 Å². The zero-order valence-corrected chi connectivity index (χ0v) is 13.0. The zero-order valence-electron chi connectivity index (χ0n) is 12.2. The Bertz CT molecular complexity index is 802. The molecule has 1 N–H and O–H groups in total. The highest BCUT2D eigenvalue weighted by Gasteiger charge is 2.25. The second-order valence-electron chi connectivity index (χ2n) is 5.80. The highest BCUT2D eigenvalue weighted by Crippen LogP contribution is 2.34. The van der Waals surface area contributed by atoms with Gasteiger partial charge in [-0.1, -0.05) is 6.07 Å². The van der Waals surface area contributed by atoms with Crippen LogP contribution in [0.4, 0.5) is 0 Å². The summed E-state index contributed by atoms with van der Waals surface area (Å²) in [7, 11) is 0. The third kappa shape index (κ3) is 2.64. The maximum absolute atomic E-state index is 12.6. The van der Waals surface area contributed by atoms with Gasteiger partial charge in [-0.25, -0.2) is 0 Å². The molecule has 1 fully saturated rings. The second kappa shape index (κ2) is 5.57. The van der Waals surface area contributed by atoms with Crippen molar-refractivity contribution < 1.29 is 4.79 Å². The molecule has 4 rings (SSSR count). The Balaban J connectivity index is 1.56. The number of nitrogens with zero attached hydrogens (tertiary/aromatic N) is 2. The Labute approximate surface area is 132 Å². The number of aromatic nitrogens is 2. The van der Waals surface area contributed by atoms with Crippen LogP contribution >= 0.6 is 11.3 Å². The predicted octanol–water partition coefficient (Wildman–Crippen LogP) is 3.44. The number of carbonyl (C=O) groups excluding carboxylic acids is 1. The Morgan fingerprint density at radius 3 is 3.09 bits per heavy atom. The Kier molecular flexibility index (Phi) is 3.42. The van der Waals surface area contributed by atoms with E-state index in [2.05, 4.69) is 26.3 Å². The van der Waals surface area contributed by atoms with Gasteiger partial charge in [-0.15, -0.1) is 11.3 Å². The van der Waals surface area contributed by atoms with Crippen LogP contribution in [0.5, 0.6) is 0 Å². The number of thiophene rings is 1. The summed E-state index contributed by atoms with van der Waals surface area (Å²) in [5.41, 5.74) is 2.97. The monoisotopic (exact) mass is 311 g/mol. The van der Waals surface area contributed by atoms with Gasteiger partial charge < -0.3 is 9.88 Å². The average molecular weight is 311 g/mol. The molecule has 0 unspecified atom stereocenters. The van der Waals surface area contributed by atoms with E-state index >= 15 is 0 Å². The number of fused-ring (bicyclic) bond motifs is 1. The van der Waals surface area contributed by atoms with Crippen LogP contribution in [0, 0.1) is 5.92 Å². The summed E-state index contributed by atoms with van der Waals surface area (Å²) in [5, 5.41) is 5.09. The lowest BCUT2D eigenvalue weighted by molar-refractivity contribution is 0.0941. The molecule has 0 saturated heterocycles. The first-order valence-electron chi connectivity index (χ1n) is 7.55. The van der Waals surface area contributed by atoms with E-state index in [1.54, 1.807) is 23.7 Å². The molecule has 5 heteroatoms. The van der Waals surface area contributed by atoms with Gasteiger partial charge in [-0.05, 0) is 47.9 Å². The zero-order chi connectivity index (χ0) is 14.9. The molecule has 0 radical (unpaired) electrons. The summed E-state index contributed by atoms with van der Waals surface area (Å²) in [6, 6.07) is 7.98. The maximum Gasteiger partial charge on any atom is 0.268 e. The molecule has 22 heavy (non-hydrogen) atoms. The van der Waals surface area contributed by atoms with Crippen molar-refractivity contribution in [3.05, 3.63) is 53.3 Å². The van der Waals surface area contributed by atoms with Gasteiger partial charge in [0.2, 0.25) is 0 Å². The molecular weight excluding hydrogens is 294 g/mol. The van der Waals surface area contributed by atoms with Gasteiger partial charge in [0.25, 0.3) is 5.91 Å². The minimum absolute atomic E-state index is 0.00657. The van der Waals surface area contributed by atoms with Crippen LogP contribution in [0.1, 0.15) is 28.9 Å². The van der Waals surface area contributed by atoms with Crippen LogP contribution in [0.2, 0.25) is 0 Å². The summed E-state index contributed by atoms with van der Waals surface area (Å²) in [5.74, 6) is 0.730. The lowest BCUT2D eigenvalue weighted by atomic mass is 10.3. The van der Waals surface area contributed by atoms with Gasteiger partial charge in [0, 0.05) is 25.5 Å². The molecule has 0 bridgehead atoms. The van der Waals surface area contributed by atoms with Crippen LogP contribution < -0.4 is 5.32 Å². The van der Waals surface area contributed by atoms with Crippen LogP contribution in [-0.2, 0) is 13.1 Å². The first-order valence-corrected chi connectivity index (χ1v) is 8.43. The molecule has 3 heterocycles. The van der Waals surface area contributed by atoms with Crippen molar-refractivity contribution in [2.45, 2.75) is 25.9 Å². The number of amides is 1. The van der Waals surface area contributed by atoms with Gasteiger partial charge >= 0.3 is 0 Å². The summed E-state index contributed by atoms with van der Waals surface area (Å²) >= 11 is 1.69. The van der Waals surface area contributed by atoms with Crippen molar-refractivity contribution in [2.75, 3.05) is 0 Å². The minimum Gasteiger partial charge on any atom is -0.347 e. The first-order chi connectivity index (χ1) is 10.8. The van der Waals surface area contributed by atoms with Crippen molar-refractivity contribution >= 4 is 27.5 Å². The lowest BCUT2D eigenvalue weighted by Gasteiger charge is -2.10. The molecule has 1 aliphatic rings. The van der Waals surface area contributed by atoms with Crippen molar-refractivity contribution in [3.63, 3.8) is 0 Å². The lowest BCUT2D eigenvalue weighted by Crippen LogP contribution is -2.25. The maximum atomic E-state index is 12.6. The molecule has 0 spiro atoms.